The fraction of sp³-hybridized carbons (Fsp3) is 0.333. The summed E-state index contributed by atoms with van der Waals surface area (Å²) in [6.07, 6.45) is 1.59. The Morgan fingerprint density at radius 3 is 2.73 bits per heavy atom. The zero-order valence-corrected chi connectivity index (χ0v) is 11.5. The third-order valence-corrected chi connectivity index (χ3v) is 6.43. The summed E-state index contributed by atoms with van der Waals surface area (Å²) in [4.78, 5) is 0. The van der Waals surface area contributed by atoms with Gasteiger partial charge in [-0.3, -0.25) is 0 Å². The number of likely N-dealkylation sites (N-methyl/N-ethyl adjacent to an activating group) is 1. The van der Waals surface area contributed by atoms with E-state index in [4.69, 9.17) is 0 Å². The molecular formula is C9H12BrNO2S2. The van der Waals surface area contributed by atoms with E-state index < -0.39 is 10.0 Å². The average molecular weight is 310 g/mol. The van der Waals surface area contributed by atoms with Gasteiger partial charge in [-0.2, -0.15) is 4.31 Å². The molecule has 15 heavy (non-hydrogen) atoms. The van der Waals surface area contributed by atoms with Gasteiger partial charge in [-0.1, -0.05) is 13.0 Å². The van der Waals surface area contributed by atoms with Gasteiger partial charge < -0.3 is 0 Å². The van der Waals surface area contributed by atoms with Gasteiger partial charge in [-0.05, 0) is 27.4 Å². The van der Waals surface area contributed by atoms with Crippen LogP contribution >= 0.6 is 27.3 Å². The smallest absolute Gasteiger partial charge is 0.206 e. The number of rotatable bonds is 5. The largest absolute Gasteiger partial charge is 0.253 e. The maximum atomic E-state index is 12.1. The Labute approximate surface area is 103 Å². The Morgan fingerprint density at radius 1 is 1.67 bits per heavy atom. The lowest BCUT2D eigenvalue weighted by Crippen LogP contribution is -2.30. The number of thiophene rings is 1. The van der Waals surface area contributed by atoms with Gasteiger partial charge in [-0.15, -0.1) is 17.9 Å². The van der Waals surface area contributed by atoms with Gasteiger partial charge in [0, 0.05) is 17.6 Å². The minimum atomic E-state index is -3.37. The molecule has 0 saturated heterocycles. The molecule has 0 aliphatic heterocycles. The summed E-state index contributed by atoms with van der Waals surface area (Å²) in [6, 6.07) is 1.74. The first-order chi connectivity index (χ1) is 7.04. The van der Waals surface area contributed by atoms with E-state index >= 15 is 0 Å². The second-order valence-electron chi connectivity index (χ2n) is 2.80. The standard InChI is InChI=1S/C9H12BrNO2S2/c1-3-6-11(4-2)15(12,13)9-8(10)5-7-14-9/h3,5,7H,1,4,6H2,2H3. The van der Waals surface area contributed by atoms with Crippen molar-refractivity contribution in [1.82, 2.24) is 4.31 Å². The highest BCUT2D eigenvalue weighted by molar-refractivity contribution is 9.10. The predicted octanol–water partition coefficient (Wildman–Crippen LogP) is 2.71. The van der Waals surface area contributed by atoms with Crippen molar-refractivity contribution >= 4 is 37.3 Å². The minimum Gasteiger partial charge on any atom is -0.206 e. The zero-order chi connectivity index (χ0) is 11.5. The third kappa shape index (κ3) is 2.69. The molecule has 1 aromatic heterocycles. The van der Waals surface area contributed by atoms with Crippen molar-refractivity contribution in [3.8, 4) is 0 Å². The third-order valence-electron chi connectivity index (χ3n) is 1.84. The molecule has 0 aliphatic carbocycles. The first-order valence-corrected chi connectivity index (χ1v) is 7.49. The molecule has 1 heterocycles. The van der Waals surface area contributed by atoms with Crippen molar-refractivity contribution in [2.45, 2.75) is 11.1 Å². The Hall–Kier alpha value is -0.170. The van der Waals surface area contributed by atoms with E-state index in [1.165, 1.54) is 15.6 Å². The maximum Gasteiger partial charge on any atom is 0.253 e. The topological polar surface area (TPSA) is 37.4 Å². The van der Waals surface area contributed by atoms with Crippen LogP contribution in [0.3, 0.4) is 0 Å². The summed E-state index contributed by atoms with van der Waals surface area (Å²) in [5, 5.41) is 1.75. The molecule has 3 nitrogen and oxygen atoms in total. The van der Waals surface area contributed by atoms with Gasteiger partial charge in [0.1, 0.15) is 4.21 Å². The summed E-state index contributed by atoms with van der Waals surface area (Å²) < 4.78 is 26.5. The summed E-state index contributed by atoms with van der Waals surface area (Å²) in [6.45, 7) is 6.14. The first kappa shape index (κ1) is 12.9. The number of halogens is 1. The van der Waals surface area contributed by atoms with Crippen LogP contribution in [0.25, 0.3) is 0 Å². The molecular weight excluding hydrogens is 298 g/mol. The Bertz CT molecular complexity index is 439. The SMILES string of the molecule is C=CCN(CC)S(=O)(=O)c1sccc1Br. The molecule has 0 aliphatic rings. The Morgan fingerprint density at radius 2 is 2.33 bits per heavy atom. The van der Waals surface area contributed by atoms with E-state index in [1.807, 2.05) is 6.92 Å². The normalized spacial score (nSPS) is 11.9. The molecule has 6 heteroatoms. The highest BCUT2D eigenvalue weighted by Crippen LogP contribution is 2.30. The maximum absolute atomic E-state index is 12.1. The van der Waals surface area contributed by atoms with Crippen LogP contribution in [0.2, 0.25) is 0 Å². The lowest BCUT2D eigenvalue weighted by molar-refractivity contribution is 0.461. The Balaban J connectivity index is 3.11. The van der Waals surface area contributed by atoms with Gasteiger partial charge in [0.25, 0.3) is 10.0 Å². The molecule has 1 rings (SSSR count). The van der Waals surface area contributed by atoms with Crippen LogP contribution in [0.4, 0.5) is 0 Å². The van der Waals surface area contributed by atoms with Crippen LogP contribution < -0.4 is 0 Å². The van der Waals surface area contributed by atoms with Crippen LogP contribution in [0, 0.1) is 0 Å². The van der Waals surface area contributed by atoms with Gasteiger partial charge >= 0.3 is 0 Å². The van der Waals surface area contributed by atoms with Crippen molar-refractivity contribution in [3.63, 3.8) is 0 Å². The van der Waals surface area contributed by atoms with Gasteiger partial charge in [0.2, 0.25) is 0 Å². The van der Waals surface area contributed by atoms with Crippen molar-refractivity contribution in [2.24, 2.45) is 0 Å². The van der Waals surface area contributed by atoms with Crippen molar-refractivity contribution in [1.29, 1.82) is 0 Å². The zero-order valence-electron chi connectivity index (χ0n) is 8.31. The molecule has 0 unspecified atom stereocenters. The van der Waals surface area contributed by atoms with Crippen LogP contribution in [0.5, 0.6) is 0 Å². The van der Waals surface area contributed by atoms with E-state index in [2.05, 4.69) is 22.5 Å². The molecule has 0 bridgehead atoms. The fourth-order valence-electron chi connectivity index (χ4n) is 1.12. The predicted molar refractivity (Wildman–Crippen MR) is 66.6 cm³/mol. The Kier molecular flexibility index (Phi) is 4.51. The molecule has 0 aromatic carbocycles. The van der Waals surface area contributed by atoms with E-state index in [1.54, 1.807) is 17.5 Å². The van der Waals surface area contributed by atoms with Gasteiger partial charge in [0.05, 0.1) is 0 Å². The molecule has 0 spiro atoms. The van der Waals surface area contributed by atoms with E-state index in [9.17, 15) is 8.42 Å². The summed E-state index contributed by atoms with van der Waals surface area (Å²) in [5.74, 6) is 0. The number of hydrogen-bond donors (Lipinski definition) is 0. The molecule has 0 saturated carbocycles. The van der Waals surface area contributed by atoms with E-state index in [0.717, 1.165) is 0 Å². The number of sulfonamides is 1. The molecule has 0 radical (unpaired) electrons. The molecule has 84 valence electrons. The summed E-state index contributed by atoms with van der Waals surface area (Å²) in [5.41, 5.74) is 0. The van der Waals surface area contributed by atoms with E-state index in [0.29, 0.717) is 21.8 Å². The lowest BCUT2D eigenvalue weighted by Gasteiger charge is -2.17. The van der Waals surface area contributed by atoms with Crippen LogP contribution in [-0.2, 0) is 10.0 Å². The van der Waals surface area contributed by atoms with Gasteiger partial charge in [0.15, 0.2) is 0 Å². The van der Waals surface area contributed by atoms with Crippen molar-refractivity contribution in [3.05, 3.63) is 28.6 Å². The fourth-order valence-corrected chi connectivity index (χ4v) is 4.99. The second kappa shape index (κ2) is 5.25. The highest BCUT2D eigenvalue weighted by Gasteiger charge is 2.25. The molecule has 1 aromatic rings. The van der Waals surface area contributed by atoms with Crippen LogP contribution in [0.15, 0.2) is 32.8 Å². The number of hydrogen-bond acceptors (Lipinski definition) is 3. The highest BCUT2D eigenvalue weighted by atomic mass is 79.9. The lowest BCUT2D eigenvalue weighted by atomic mass is 10.6. The molecule has 0 amide bonds. The van der Waals surface area contributed by atoms with Crippen molar-refractivity contribution < 1.29 is 8.42 Å². The van der Waals surface area contributed by atoms with Crippen LogP contribution in [-0.4, -0.2) is 25.8 Å². The summed E-state index contributed by atoms with van der Waals surface area (Å²) >= 11 is 4.44. The van der Waals surface area contributed by atoms with Crippen molar-refractivity contribution in [2.75, 3.05) is 13.1 Å². The second-order valence-corrected chi connectivity index (χ2v) is 6.70. The monoisotopic (exact) mass is 309 g/mol. The molecule has 0 N–H and O–H groups in total. The average Bonchev–Trinajstić information content (AvgIpc) is 2.61. The quantitative estimate of drug-likeness (QED) is 0.784. The van der Waals surface area contributed by atoms with Gasteiger partial charge in [-0.25, -0.2) is 8.42 Å². The first-order valence-electron chi connectivity index (χ1n) is 4.38. The number of nitrogens with zero attached hydrogens (tertiary/aromatic N) is 1. The van der Waals surface area contributed by atoms with Crippen LogP contribution in [0.1, 0.15) is 6.92 Å². The molecule has 0 fully saturated rings. The molecule has 0 atom stereocenters. The summed E-state index contributed by atoms with van der Waals surface area (Å²) in [7, 11) is -3.37. The van der Waals surface area contributed by atoms with E-state index in [-0.39, 0.29) is 0 Å². The minimum absolute atomic E-state index is 0.336.